The number of benzene rings is 3. The van der Waals surface area contributed by atoms with Gasteiger partial charge in [0.1, 0.15) is 6.61 Å². The number of rotatable bonds is 7. The molecule has 0 radical (unpaired) electrons. The predicted octanol–water partition coefficient (Wildman–Crippen LogP) is 4.86. The second kappa shape index (κ2) is 9.48. The molecule has 0 aliphatic rings. The van der Waals surface area contributed by atoms with E-state index in [1.165, 1.54) is 5.56 Å². The molecule has 4 heteroatoms. The van der Waals surface area contributed by atoms with Crippen LogP contribution in [0, 0.1) is 19.3 Å². The Morgan fingerprint density at radius 2 is 1.79 bits per heavy atom. The van der Waals surface area contributed by atoms with Crippen molar-refractivity contribution in [2.45, 2.75) is 13.3 Å². The summed E-state index contributed by atoms with van der Waals surface area (Å²) in [5.41, 5.74) is 4.68. The van der Waals surface area contributed by atoms with Crippen LogP contribution in [-0.2, 0) is 11.2 Å². The molecule has 0 aromatic heterocycles. The highest BCUT2D eigenvalue weighted by molar-refractivity contribution is 5.96. The largest absolute Gasteiger partial charge is 0.493 e. The minimum absolute atomic E-state index is 0.0674. The molecule has 0 atom stereocenters. The first-order valence-corrected chi connectivity index (χ1v) is 9.30. The maximum absolute atomic E-state index is 12.6. The molecule has 0 spiro atoms. The van der Waals surface area contributed by atoms with Crippen molar-refractivity contribution < 1.29 is 14.3 Å². The van der Waals surface area contributed by atoms with Gasteiger partial charge in [0, 0.05) is 11.3 Å². The summed E-state index contributed by atoms with van der Waals surface area (Å²) in [5.74, 6) is 3.54. The minimum Gasteiger partial charge on any atom is -0.493 e. The number of terminal acetylenes is 1. The number of para-hydroxylation sites is 1. The van der Waals surface area contributed by atoms with Gasteiger partial charge in [-0.1, -0.05) is 60.0 Å². The standard InChI is InChI=1S/C25H23NO3/c1-4-15-29-23-14-13-20(17-24(23)28-3)21-7-5-6-8-22(21)26-25(27)16-19-11-9-18(2)10-12-19/h1,5-14,17H,15-16H2,2-3H3,(H,26,27). The molecular formula is C25H23NO3. The molecule has 29 heavy (non-hydrogen) atoms. The van der Waals surface area contributed by atoms with Crippen LogP contribution in [0.1, 0.15) is 11.1 Å². The van der Waals surface area contributed by atoms with Crippen molar-refractivity contribution in [3.8, 4) is 35.0 Å². The summed E-state index contributed by atoms with van der Waals surface area (Å²) in [7, 11) is 1.58. The van der Waals surface area contributed by atoms with E-state index in [9.17, 15) is 4.79 Å². The van der Waals surface area contributed by atoms with Gasteiger partial charge in [-0.3, -0.25) is 4.79 Å². The topological polar surface area (TPSA) is 47.6 Å². The van der Waals surface area contributed by atoms with Crippen molar-refractivity contribution in [3.05, 3.63) is 77.9 Å². The molecule has 3 aromatic carbocycles. The predicted molar refractivity (Wildman–Crippen MR) is 116 cm³/mol. The van der Waals surface area contributed by atoms with Gasteiger partial charge < -0.3 is 14.8 Å². The monoisotopic (exact) mass is 385 g/mol. The molecule has 4 nitrogen and oxygen atoms in total. The van der Waals surface area contributed by atoms with Gasteiger partial charge in [0.05, 0.1) is 13.5 Å². The summed E-state index contributed by atoms with van der Waals surface area (Å²) < 4.78 is 10.9. The molecule has 0 unspecified atom stereocenters. The Morgan fingerprint density at radius 1 is 1.03 bits per heavy atom. The fourth-order valence-electron chi connectivity index (χ4n) is 3.00. The van der Waals surface area contributed by atoms with E-state index in [1.807, 2.05) is 73.7 Å². The van der Waals surface area contributed by atoms with Crippen LogP contribution in [0.15, 0.2) is 66.7 Å². The van der Waals surface area contributed by atoms with Crippen LogP contribution in [0.2, 0.25) is 0 Å². The lowest BCUT2D eigenvalue weighted by molar-refractivity contribution is -0.115. The lowest BCUT2D eigenvalue weighted by Gasteiger charge is -2.14. The van der Waals surface area contributed by atoms with E-state index in [1.54, 1.807) is 7.11 Å². The lowest BCUT2D eigenvalue weighted by Crippen LogP contribution is -2.15. The summed E-state index contributed by atoms with van der Waals surface area (Å²) in [6, 6.07) is 21.2. The Bertz CT molecular complexity index is 1030. The van der Waals surface area contributed by atoms with Crippen LogP contribution in [-0.4, -0.2) is 19.6 Å². The zero-order valence-electron chi connectivity index (χ0n) is 16.6. The van der Waals surface area contributed by atoms with Crippen molar-refractivity contribution in [2.24, 2.45) is 0 Å². The van der Waals surface area contributed by atoms with Crippen LogP contribution in [0.25, 0.3) is 11.1 Å². The van der Waals surface area contributed by atoms with Crippen LogP contribution >= 0.6 is 0 Å². The molecule has 0 aliphatic carbocycles. The number of nitrogens with one attached hydrogen (secondary N) is 1. The van der Waals surface area contributed by atoms with E-state index in [-0.39, 0.29) is 12.5 Å². The normalized spacial score (nSPS) is 10.1. The van der Waals surface area contributed by atoms with Crippen molar-refractivity contribution in [2.75, 3.05) is 19.0 Å². The first-order valence-electron chi connectivity index (χ1n) is 9.30. The third kappa shape index (κ3) is 5.18. The number of ether oxygens (including phenoxy) is 2. The maximum Gasteiger partial charge on any atom is 0.228 e. The molecule has 0 saturated carbocycles. The van der Waals surface area contributed by atoms with Gasteiger partial charge in [-0.2, -0.15) is 0 Å². The van der Waals surface area contributed by atoms with E-state index in [0.717, 1.165) is 22.4 Å². The Kier molecular flexibility index (Phi) is 6.55. The van der Waals surface area contributed by atoms with Gasteiger partial charge in [0.2, 0.25) is 5.91 Å². The molecule has 0 heterocycles. The summed E-state index contributed by atoms with van der Waals surface area (Å²) >= 11 is 0. The Balaban J connectivity index is 1.82. The van der Waals surface area contributed by atoms with Crippen LogP contribution in [0.5, 0.6) is 11.5 Å². The summed E-state index contributed by atoms with van der Waals surface area (Å²) in [6.07, 6.45) is 5.58. The SMILES string of the molecule is C#CCOc1ccc(-c2ccccc2NC(=O)Cc2ccc(C)cc2)cc1OC. The zero-order valence-corrected chi connectivity index (χ0v) is 16.6. The third-order valence-corrected chi connectivity index (χ3v) is 4.47. The van der Waals surface area contributed by atoms with Gasteiger partial charge in [-0.15, -0.1) is 6.42 Å². The van der Waals surface area contributed by atoms with Gasteiger partial charge in [0.25, 0.3) is 0 Å². The Hall–Kier alpha value is -3.71. The number of aryl methyl sites for hydroxylation is 1. The Labute approximate surface area is 171 Å². The molecule has 0 saturated heterocycles. The smallest absolute Gasteiger partial charge is 0.228 e. The fourth-order valence-corrected chi connectivity index (χ4v) is 3.00. The number of carbonyl (C=O) groups excluding carboxylic acids is 1. The quantitative estimate of drug-likeness (QED) is 0.591. The zero-order chi connectivity index (χ0) is 20.6. The van der Waals surface area contributed by atoms with Gasteiger partial charge in [-0.25, -0.2) is 0 Å². The second-order valence-electron chi connectivity index (χ2n) is 6.61. The number of anilines is 1. The fraction of sp³-hybridized carbons (Fsp3) is 0.160. The van der Waals surface area contributed by atoms with E-state index in [2.05, 4.69) is 11.2 Å². The number of methoxy groups -OCH3 is 1. The number of hydrogen-bond acceptors (Lipinski definition) is 3. The third-order valence-electron chi connectivity index (χ3n) is 4.47. The van der Waals surface area contributed by atoms with Crippen molar-refractivity contribution in [1.29, 1.82) is 0 Å². The van der Waals surface area contributed by atoms with Crippen molar-refractivity contribution >= 4 is 11.6 Å². The highest BCUT2D eigenvalue weighted by atomic mass is 16.5. The Morgan fingerprint density at radius 3 is 2.52 bits per heavy atom. The maximum atomic E-state index is 12.6. The van der Waals surface area contributed by atoms with Gasteiger partial charge in [0.15, 0.2) is 11.5 Å². The van der Waals surface area contributed by atoms with Gasteiger partial charge in [-0.05, 0) is 36.2 Å². The molecule has 0 aliphatic heterocycles. The van der Waals surface area contributed by atoms with E-state index in [4.69, 9.17) is 15.9 Å². The molecule has 3 rings (SSSR count). The van der Waals surface area contributed by atoms with Crippen molar-refractivity contribution in [3.63, 3.8) is 0 Å². The summed E-state index contributed by atoms with van der Waals surface area (Å²) in [5, 5.41) is 3.02. The molecular weight excluding hydrogens is 362 g/mol. The van der Waals surface area contributed by atoms with E-state index in [0.29, 0.717) is 17.9 Å². The molecule has 0 fully saturated rings. The molecule has 1 N–H and O–H groups in total. The number of carbonyl (C=O) groups is 1. The molecule has 146 valence electrons. The summed E-state index contributed by atoms with van der Waals surface area (Å²) in [6.45, 7) is 2.19. The first kappa shape index (κ1) is 20.0. The number of hydrogen-bond donors (Lipinski definition) is 1. The van der Waals surface area contributed by atoms with Crippen LogP contribution < -0.4 is 14.8 Å². The molecule has 0 bridgehead atoms. The number of amides is 1. The molecule has 1 amide bonds. The van der Waals surface area contributed by atoms with Crippen molar-refractivity contribution in [1.82, 2.24) is 0 Å². The average Bonchev–Trinajstić information content (AvgIpc) is 2.74. The van der Waals surface area contributed by atoms with Crippen LogP contribution in [0.3, 0.4) is 0 Å². The van der Waals surface area contributed by atoms with E-state index < -0.39 is 0 Å². The lowest BCUT2D eigenvalue weighted by atomic mass is 10.0. The second-order valence-corrected chi connectivity index (χ2v) is 6.61. The molecule has 3 aromatic rings. The summed E-state index contributed by atoms with van der Waals surface area (Å²) in [4.78, 5) is 12.6. The highest BCUT2D eigenvalue weighted by Crippen LogP contribution is 2.35. The minimum atomic E-state index is -0.0674. The van der Waals surface area contributed by atoms with E-state index >= 15 is 0 Å². The highest BCUT2D eigenvalue weighted by Gasteiger charge is 2.12. The van der Waals surface area contributed by atoms with Crippen LogP contribution in [0.4, 0.5) is 5.69 Å². The first-order chi connectivity index (χ1) is 14.1. The van der Waals surface area contributed by atoms with Gasteiger partial charge >= 0.3 is 0 Å². The average molecular weight is 385 g/mol.